The second-order valence-electron chi connectivity index (χ2n) is 6.42. The number of carbonyl (C=O) groups excluding carboxylic acids is 1. The number of hydrogen-bond donors (Lipinski definition) is 1. The molecule has 4 aromatic rings. The van der Waals surface area contributed by atoms with Crippen molar-refractivity contribution in [2.24, 2.45) is 0 Å². The van der Waals surface area contributed by atoms with Gasteiger partial charge in [0.05, 0.1) is 28.3 Å². The van der Waals surface area contributed by atoms with E-state index < -0.39 is 0 Å². The highest BCUT2D eigenvalue weighted by molar-refractivity contribution is 7.10. The molecule has 2 heterocycles. The fourth-order valence-corrected chi connectivity index (χ4v) is 3.71. The SMILES string of the molecule is CC(c1ccccc1)c1cc(C(=O)NCc2scnc2-c2ccccc2)on1. The lowest BCUT2D eigenvalue weighted by Crippen LogP contribution is -2.22. The predicted octanol–water partition coefficient (Wildman–Crippen LogP) is 4.88. The van der Waals surface area contributed by atoms with E-state index in [0.717, 1.165) is 27.4 Å². The van der Waals surface area contributed by atoms with Crippen LogP contribution in [0.3, 0.4) is 0 Å². The fraction of sp³-hybridized carbons (Fsp3) is 0.136. The average Bonchev–Trinajstić information content (AvgIpc) is 3.42. The maximum Gasteiger partial charge on any atom is 0.290 e. The van der Waals surface area contributed by atoms with Gasteiger partial charge in [0, 0.05) is 17.5 Å². The van der Waals surface area contributed by atoms with Crippen LogP contribution in [0.25, 0.3) is 11.3 Å². The minimum absolute atomic E-state index is 0.0534. The third-order valence-corrected chi connectivity index (χ3v) is 5.43. The quantitative estimate of drug-likeness (QED) is 0.510. The molecule has 0 fully saturated rings. The highest BCUT2D eigenvalue weighted by Gasteiger charge is 2.18. The van der Waals surface area contributed by atoms with Gasteiger partial charge in [-0.3, -0.25) is 4.79 Å². The number of hydrogen-bond acceptors (Lipinski definition) is 5. The van der Waals surface area contributed by atoms with Crippen molar-refractivity contribution in [3.63, 3.8) is 0 Å². The largest absolute Gasteiger partial charge is 0.351 e. The maximum atomic E-state index is 12.5. The molecule has 0 spiro atoms. The van der Waals surface area contributed by atoms with E-state index in [4.69, 9.17) is 4.52 Å². The Bertz CT molecular complexity index is 1060. The van der Waals surface area contributed by atoms with Crippen LogP contribution in [0.5, 0.6) is 0 Å². The van der Waals surface area contributed by atoms with Crippen LogP contribution in [0.1, 0.15) is 39.5 Å². The molecule has 2 aromatic heterocycles. The number of thiazole rings is 1. The first-order valence-corrected chi connectivity index (χ1v) is 9.88. The molecule has 0 radical (unpaired) electrons. The van der Waals surface area contributed by atoms with Gasteiger partial charge in [-0.05, 0) is 5.56 Å². The van der Waals surface area contributed by atoms with E-state index in [2.05, 4.69) is 15.5 Å². The normalized spacial score (nSPS) is 11.9. The fourth-order valence-electron chi connectivity index (χ4n) is 2.99. The van der Waals surface area contributed by atoms with Gasteiger partial charge in [-0.2, -0.15) is 0 Å². The molecule has 28 heavy (non-hydrogen) atoms. The highest BCUT2D eigenvalue weighted by atomic mass is 32.1. The number of nitrogens with zero attached hydrogens (tertiary/aromatic N) is 2. The maximum absolute atomic E-state index is 12.5. The zero-order valence-electron chi connectivity index (χ0n) is 15.3. The smallest absolute Gasteiger partial charge is 0.290 e. The number of nitrogens with one attached hydrogen (secondary N) is 1. The number of aromatic nitrogens is 2. The minimum atomic E-state index is -0.286. The number of carbonyl (C=O) groups is 1. The summed E-state index contributed by atoms with van der Waals surface area (Å²) in [6.45, 7) is 2.43. The van der Waals surface area contributed by atoms with Crippen LogP contribution < -0.4 is 5.32 Å². The van der Waals surface area contributed by atoms with Crippen LogP contribution in [0.15, 0.2) is 76.8 Å². The summed E-state index contributed by atoms with van der Waals surface area (Å²) in [6, 6.07) is 21.7. The van der Waals surface area contributed by atoms with Gasteiger partial charge in [0.25, 0.3) is 5.91 Å². The zero-order chi connectivity index (χ0) is 19.3. The van der Waals surface area contributed by atoms with Crippen molar-refractivity contribution in [1.82, 2.24) is 15.5 Å². The summed E-state index contributed by atoms with van der Waals surface area (Å²) in [5.74, 6) is -0.0207. The van der Waals surface area contributed by atoms with E-state index in [9.17, 15) is 4.79 Å². The summed E-state index contributed by atoms with van der Waals surface area (Å²) in [5, 5.41) is 6.98. The number of benzene rings is 2. The molecule has 0 aliphatic carbocycles. The van der Waals surface area contributed by atoms with Crippen LogP contribution in [0.4, 0.5) is 0 Å². The monoisotopic (exact) mass is 389 g/mol. The van der Waals surface area contributed by atoms with Gasteiger partial charge < -0.3 is 9.84 Å². The van der Waals surface area contributed by atoms with E-state index in [1.165, 1.54) is 11.3 Å². The Morgan fingerprint density at radius 2 is 1.82 bits per heavy atom. The van der Waals surface area contributed by atoms with Gasteiger partial charge in [-0.15, -0.1) is 11.3 Å². The molecule has 1 N–H and O–H groups in total. The Kier molecular flexibility index (Phi) is 5.30. The molecule has 0 aliphatic heterocycles. The lowest BCUT2D eigenvalue weighted by atomic mass is 9.98. The topological polar surface area (TPSA) is 68.0 Å². The Balaban J connectivity index is 1.43. The molecule has 2 aromatic carbocycles. The third-order valence-electron chi connectivity index (χ3n) is 4.59. The Morgan fingerprint density at radius 1 is 1.11 bits per heavy atom. The molecule has 6 heteroatoms. The van der Waals surface area contributed by atoms with Gasteiger partial charge >= 0.3 is 0 Å². The van der Waals surface area contributed by atoms with Crippen molar-refractivity contribution in [3.8, 4) is 11.3 Å². The molecule has 0 saturated heterocycles. The van der Waals surface area contributed by atoms with E-state index in [1.54, 1.807) is 11.6 Å². The van der Waals surface area contributed by atoms with Crippen molar-refractivity contribution in [3.05, 3.63) is 94.1 Å². The number of rotatable bonds is 6. The van der Waals surface area contributed by atoms with E-state index in [1.807, 2.05) is 67.6 Å². The van der Waals surface area contributed by atoms with Gasteiger partial charge in [0.1, 0.15) is 0 Å². The van der Waals surface area contributed by atoms with Gasteiger partial charge in [0.2, 0.25) is 5.76 Å². The van der Waals surface area contributed by atoms with Crippen LogP contribution in [0.2, 0.25) is 0 Å². The van der Waals surface area contributed by atoms with E-state index >= 15 is 0 Å². The summed E-state index contributed by atoms with van der Waals surface area (Å²) >= 11 is 1.52. The van der Waals surface area contributed by atoms with Crippen molar-refractivity contribution in [2.75, 3.05) is 0 Å². The summed E-state index contributed by atoms with van der Waals surface area (Å²) in [4.78, 5) is 17.9. The standard InChI is InChI=1S/C22H19N3O2S/c1-15(16-8-4-2-5-9-16)18-12-19(27-25-18)22(26)23-13-20-21(24-14-28-20)17-10-6-3-7-11-17/h2-12,14-15H,13H2,1H3,(H,23,26). The van der Waals surface area contributed by atoms with Crippen LogP contribution in [-0.2, 0) is 6.54 Å². The third kappa shape index (κ3) is 3.87. The van der Waals surface area contributed by atoms with Crippen LogP contribution in [0, 0.1) is 0 Å². The molecule has 1 atom stereocenters. The van der Waals surface area contributed by atoms with Crippen molar-refractivity contribution in [1.29, 1.82) is 0 Å². The first-order valence-electron chi connectivity index (χ1n) is 9.00. The molecule has 1 amide bonds. The highest BCUT2D eigenvalue weighted by Crippen LogP contribution is 2.26. The first-order chi connectivity index (χ1) is 13.7. The van der Waals surface area contributed by atoms with Crippen molar-refractivity contribution >= 4 is 17.2 Å². The lowest BCUT2D eigenvalue weighted by Gasteiger charge is -2.06. The van der Waals surface area contributed by atoms with Crippen LogP contribution >= 0.6 is 11.3 Å². The summed E-state index contributed by atoms with van der Waals surface area (Å²) in [5.41, 5.74) is 5.57. The predicted molar refractivity (Wildman–Crippen MR) is 109 cm³/mol. The van der Waals surface area contributed by atoms with E-state index in [0.29, 0.717) is 6.54 Å². The zero-order valence-corrected chi connectivity index (χ0v) is 16.1. The van der Waals surface area contributed by atoms with Gasteiger partial charge in [0.15, 0.2) is 0 Å². The molecule has 0 aliphatic rings. The Morgan fingerprint density at radius 3 is 2.57 bits per heavy atom. The molecule has 5 nitrogen and oxygen atoms in total. The van der Waals surface area contributed by atoms with Crippen molar-refractivity contribution < 1.29 is 9.32 Å². The molecular weight excluding hydrogens is 370 g/mol. The second kappa shape index (κ2) is 8.19. The van der Waals surface area contributed by atoms with Crippen LogP contribution in [-0.4, -0.2) is 16.0 Å². The molecule has 0 saturated carbocycles. The summed E-state index contributed by atoms with van der Waals surface area (Å²) in [7, 11) is 0. The summed E-state index contributed by atoms with van der Waals surface area (Å²) in [6.07, 6.45) is 0. The lowest BCUT2D eigenvalue weighted by molar-refractivity contribution is 0.0914. The van der Waals surface area contributed by atoms with Crippen molar-refractivity contribution in [2.45, 2.75) is 19.4 Å². The van der Waals surface area contributed by atoms with E-state index in [-0.39, 0.29) is 17.6 Å². The molecule has 0 bridgehead atoms. The summed E-state index contributed by atoms with van der Waals surface area (Å²) < 4.78 is 5.28. The van der Waals surface area contributed by atoms with Gasteiger partial charge in [-0.25, -0.2) is 4.98 Å². The molecule has 140 valence electrons. The van der Waals surface area contributed by atoms with Gasteiger partial charge in [-0.1, -0.05) is 72.7 Å². The molecule has 1 unspecified atom stereocenters. The minimum Gasteiger partial charge on any atom is -0.351 e. The molecular formula is C22H19N3O2S. The Labute approximate surface area is 167 Å². The number of amides is 1. The molecule has 4 rings (SSSR count). The first kappa shape index (κ1) is 18.1. The Hall–Kier alpha value is -3.25. The average molecular weight is 389 g/mol. The second-order valence-corrected chi connectivity index (χ2v) is 7.36.